The molecule has 1 amide bonds. The van der Waals surface area contributed by atoms with Crippen LogP contribution in [0.3, 0.4) is 0 Å². The number of carbonyl (C=O) groups excluding carboxylic acids is 1. The van der Waals surface area contributed by atoms with Crippen LogP contribution in [0.2, 0.25) is 5.15 Å². The van der Waals surface area contributed by atoms with Gasteiger partial charge in [0, 0.05) is 24.0 Å². The second-order valence-electron chi connectivity index (χ2n) is 6.42. The molecule has 0 unspecified atom stereocenters. The molecule has 4 rings (SSSR count). The van der Waals surface area contributed by atoms with Gasteiger partial charge in [0.1, 0.15) is 17.3 Å². The number of anilines is 1. The van der Waals surface area contributed by atoms with Gasteiger partial charge in [-0.2, -0.15) is 9.78 Å². The molecule has 0 fully saturated rings. The Morgan fingerprint density at radius 1 is 1.14 bits per heavy atom. The van der Waals surface area contributed by atoms with Crippen LogP contribution in [0.15, 0.2) is 30.3 Å². The zero-order valence-corrected chi connectivity index (χ0v) is 16.3. The summed E-state index contributed by atoms with van der Waals surface area (Å²) in [6.45, 7) is 1.90. The first-order valence-electron chi connectivity index (χ1n) is 8.62. The van der Waals surface area contributed by atoms with Crippen LogP contribution < -0.4 is 14.8 Å². The van der Waals surface area contributed by atoms with Crippen molar-refractivity contribution >= 4 is 23.3 Å². The molecule has 0 radical (unpaired) electrons. The summed E-state index contributed by atoms with van der Waals surface area (Å²) in [5, 5.41) is 15.7. The SMILES string of the molecule is COc1cc(OC)cc([C@H]2CC(=O)Nc3c2c(C)nn3-c2ccc(Cl)nn2)c1. The Balaban J connectivity index is 1.86. The smallest absolute Gasteiger partial charge is 0.226 e. The van der Waals surface area contributed by atoms with Gasteiger partial charge in [-0.25, -0.2) is 0 Å². The summed E-state index contributed by atoms with van der Waals surface area (Å²) in [7, 11) is 3.19. The number of methoxy groups -OCH3 is 2. The van der Waals surface area contributed by atoms with Crippen molar-refractivity contribution < 1.29 is 14.3 Å². The van der Waals surface area contributed by atoms with Gasteiger partial charge in [-0.05, 0) is 36.8 Å². The van der Waals surface area contributed by atoms with Crippen LogP contribution in [0.25, 0.3) is 5.82 Å². The first-order chi connectivity index (χ1) is 13.5. The van der Waals surface area contributed by atoms with Crippen molar-refractivity contribution in [2.24, 2.45) is 0 Å². The normalized spacial score (nSPS) is 15.7. The average molecular weight is 400 g/mol. The second kappa shape index (κ2) is 7.12. The number of amides is 1. The topological polar surface area (TPSA) is 91.2 Å². The third kappa shape index (κ3) is 3.16. The number of rotatable bonds is 4. The van der Waals surface area contributed by atoms with Crippen molar-refractivity contribution in [1.29, 1.82) is 0 Å². The highest BCUT2D eigenvalue weighted by molar-refractivity contribution is 6.29. The van der Waals surface area contributed by atoms with E-state index in [1.807, 2.05) is 19.1 Å². The largest absolute Gasteiger partial charge is 0.497 e. The first-order valence-corrected chi connectivity index (χ1v) is 9.00. The number of halogens is 1. The molecule has 8 nitrogen and oxygen atoms in total. The summed E-state index contributed by atoms with van der Waals surface area (Å²) < 4.78 is 12.4. The van der Waals surface area contributed by atoms with E-state index in [-0.39, 0.29) is 17.0 Å². The van der Waals surface area contributed by atoms with Crippen LogP contribution >= 0.6 is 11.6 Å². The summed E-state index contributed by atoms with van der Waals surface area (Å²) in [5.41, 5.74) is 2.63. The molecule has 0 saturated carbocycles. The van der Waals surface area contributed by atoms with Gasteiger partial charge in [-0.1, -0.05) is 11.6 Å². The summed E-state index contributed by atoms with van der Waals surface area (Å²) in [5.74, 6) is 2.07. The monoisotopic (exact) mass is 399 g/mol. The molecule has 28 heavy (non-hydrogen) atoms. The molecular formula is C19H18ClN5O3. The van der Waals surface area contributed by atoms with E-state index in [1.54, 1.807) is 37.1 Å². The van der Waals surface area contributed by atoms with Gasteiger partial charge in [-0.3, -0.25) is 4.79 Å². The van der Waals surface area contributed by atoms with Gasteiger partial charge in [-0.15, -0.1) is 10.2 Å². The highest BCUT2D eigenvalue weighted by Crippen LogP contribution is 2.41. The van der Waals surface area contributed by atoms with Crippen molar-refractivity contribution in [2.45, 2.75) is 19.3 Å². The molecule has 3 heterocycles. The van der Waals surface area contributed by atoms with Crippen LogP contribution in [0, 0.1) is 6.92 Å². The van der Waals surface area contributed by atoms with Gasteiger partial charge in [0.25, 0.3) is 0 Å². The van der Waals surface area contributed by atoms with E-state index >= 15 is 0 Å². The minimum atomic E-state index is -0.193. The number of fused-ring (bicyclic) bond motifs is 1. The Kier molecular flexibility index (Phi) is 4.64. The van der Waals surface area contributed by atoms with E-state index in [4.69, 9.17) is 21.1 Å². The Labute approximate surface area is 166 Å². The zero-order valence-electron chi connectivity index (χ0n) is 15.6. The summed E-state index contributed by atoms with van der Waals surface area (Å²) in [6.07, 6.45) is 0.294. The number of hydrogen-bond donors (Lipinski definition) is 1. The van der Waals surface area contributed by atoms with Crippen LogP contribution in [-0.4, -0.2) is 40.1 Å². The van der Waals surface area contributed by atoms with Crippen molar-refractivity contribution in [3.63, 3.8) is 0 Å². The van der Waals surface area contributed by atoms with Gasteiger partial charge in [0.2, 0.25) is 5.91 Å². The Hall–Kier alpha value is -3.13. The van der Waals surface area contributed by atoms with Crippen molar-refractivity contribution in [3.05, 3.63) is 52.3 Å². The molecule has 0 spiro atoms. The van der Waals surface area contributed by atoms with E-state index in [1.165, 1.54) is 0 Å². The fourth-order valence-corrected chi connectivity index (χ4v) is 3.55. The molecule has 0 bridgehead atoms. The minimum Gasteiger partial charge on any atom is -0.497 e. The van der Waals surface area contributed by atoms with E-state index < -0.39 is 0 Å². The highest BCUT2D eigenvalue weighted by atomic mass is 35.5. The lowest BCUT2D eigenvalue weighted by molar-refractivity contribution is -0.116. The van der Waals surface area contributed by atoms with Crippen LogP contribution in [-0.2, 0) is 4.79 Å². The molecular weight excluding hydrogens is 382 g/mol. The third-order valence-corrected chi connectivity index (χ3v) is 4.92. The van der Waals surface area contributed by atoms with Gasteiger partial charge >= 0.3 is 0 Å². The number of ether oxygens (including phenoxy) is 2. The van der Waals surface area contributed by atoms with Crippen molar-refractivity contribution in [2.75, 3.05) is 19.5 Å². The molecule has 0 saturated heterocycles. The standard InChI is InChI=1S/C19H18ClN5O3/c1-10-18-14(11-6-12(27-2)8-13(7-11)28-3)9-17(26)21-19(18)25(24-10)16-5-4-15(20)22-23-16/h4-8,14H,9H2,1-3H3,(H,21,26)/t14-/m1/s1. The molecule has 0 aliphatic carbocycles. The maximum atomic E-state index is 12.5. The molecule has 3 aromatic rings. The number of aromatic nitrogens is 4. The Morgan fingerprint density at radius 2 is 1.86 bits per heavy atom. The molecule has 1 aromatic carbocycles. The molecule has 1 aliphatic heterocycles. The maximum Gasteiger partial charge on any atom is 0.226 e. The molecule has 1 atom stereocenters. The van der Waals surface area contributed by atoms with Crippen molar-refractivity contribution in [3.8, 4) is 17.3 Å². The van der Waals surface area contributed by atoms with Crippen molar-refractivity contribution in [1.82, 2.24) is 20.0 Å². The average Bonchev–Trinajstić information content (AvgIpc) is 3.03. The minimum absolute atomic E-state index is 0.109. The van der Waals surface area contributed by atoms with E-state index in [2.05, 4.69) is 20.6 Å². The summed E-state index contributed by atoms with van der Waals surface area (Å²) in [4.78, 5) is 12.5. The fourth-order valence-electron chi connectivity index (χ4n) is 3.45. The van der Waals surface area contributed by atoms with E-state index in [9.17, 15) is 4.79 Å². The number of nitrogens with one attached hydrogen (secondary N) is 1. The molecule has 9 heteroatoms. The summed E-state index contributed by atoms with van der Waals surface area (Å²) >= 11 is 5.83. The number of hydrogen-bond acceptors (Lipinski definition) is 6. The van der Waals surface area contributed by atoms with Crippen LogP contribution in [0.4, 0.5) is 5.82 Å². The second-order valence-corrected chi connectivity index (χ2v) is 6.81. The Morgan fingerprint density at radius 3 is 2.46 bits per heavy atom. The third-order valence-electron chi connectivity index (χ3n) is 4.71. The Bertz CT molecular complexity index is 1030. The summed E-state index contributed by atoms with van der Waals surface area (Å²) in [6, 6.07) is 8.95. The van der Waals surface area contributed by atoms with Gasteiger partial charge in [0.05, 0.1) is 19.9 Å². The quantitative estimate of drug-likeness (QED) is 0.724. The molecule has 144 valence electrons. The maximum absolute atomic E-state index is 12.5. The number of benzene rings is 1. The molecule has 2 aromatic heterocycles. The van der Waals surface area contributed by atoms with E-state index in [0.29, 0.717) is 29.6 Å². The van der Waals surface area contributed by atoms with Gasteiger partial charge in [0.15, 0.2) is 11.0 Å². The predicted molar refractivity (Wildman–Crippen MR) is 104 cm³/mol. The van der Waals surface area contributed by atoms with E-state index in [0.717, 1.165) is 16.8 Å². The first kappa shape index (κ1) is 18.2. The number of nitrogens with zero attached hydrogens (tertiary/aromatic N) is 4. The lowest BCUT2D eigenvalue weighted by Gasteiger charge is -2.25. The van der Waals surface area contributed by atoms with Crippen LogP contribution in [0.1, 0.15) is 29.2 Å². The predicted octanol–water partition coefficient (Wildman–Crippen LogP) is 3.12. The van der Waals surface area contributed by atoms with Crippen LogP contribution in [0.5, 0.6) is 11.5 Å². The zero-order chi connectivity index (χ0) is 19.8. The fraction of sp³-hybridized carbons (Fsp3) is 0.263. The molecule has 1 aliphatic rings. The number of carbonyl (C=O) groups is 1. The lowest BCUT2D eigenvalue weighted by atomic mass is 9.85. The van der Waals surface area contributed by atoms with Gasteiger partial charge < -0.3 is 14.8 Å². The number of aryl methyl sites for hydroxylation is 1. The molecule has 1 N–H and O–H groups in total. The lowest BCUT2D eigenvalue weighted by Crippen LogP contribution is -2.25. The highest BCUT2D eigenvalue weighted by Gasteiger charge is 2.33.